The van der Waals surface area contributed by atoms with Crippen LogP contribution in [0.5, 0.6) is 0 Å². The molecule has 0 bridgehead atoms. The Morgan fingerprint density at radius 3 is 2.09 bits per heavy atom. The van der Waals surface area contributed by atoms with E-state index in [-0.39, 0.29) is 11.8 Å². The summed E-state index contributed by atoms with van der Waals surface area (Å²) in [7, 11) is 0. The summed E-state index contributed by atoms with van der Waals surface area (Å²) in [6.45, 7) is 0. The molecule has 2 unspecified atom stereocenters. The van der Waals surface area contributed by atoms with Gasteiger partial charge in [0.25, 0.3) is 0 Å². The molecule has 11 rings (SSSR count). The number of hydrogen-bond acceptors (Lipinski definition) is 2. The summed E-state index contributed by atoms with van der Waals surface area (Å²) in [6.07, 6.45) is 11.4. The highest BCUT2D eigenvalue weighted by Crippen LogP contribution is 2.50. The second kappa shape index (κ2) is 11.9. The zero-order valence-electron chi connectivity index (χ0n) is 28.9. The van der Waals surface area contributed by atoms with Gasteiger partial charge in [0.15, 0.2) is 0 Å². The smallest absolute Gasteiger partial charge is 0.142 e. The lowest BCUT2D eigenvalue weighted by Crippen LogP contribution is -2.28. The molecule has 2 aliphatic carbocycles. The molecule has 7 aromatic carbocycles. The maximum absolute atomic E-state index is 7.00. The maximum atomic E-state index is 7.00. The molecule has 3 heteroatoms. The average Bonchev–Trinajstić information content (AvgIpc) is 3.77. The summed E-state index contributed by atoms with van der Waals surface area (Å²) in [5, 5.41) is 6.06. The van der Waals surface area contributed by atoms with E-state index >= 15 is 0 Å². The third-order valence-electron chi connectivity index (χ3n) is 11.1. The van der Waals surface area contributed by atoms with Crippen LogP contribution in [0.4, 0.5) is 11.4 Å². The van der Waals surface area contributed by atoms with Crippen LogP contribution < -0.4 is 4.90 Å². The molecule has 0 amide bonds. The minimum atomic E-state index is 0.0572. The van der Waals surface area contributed by atoms with Crippen molar-refractivity contribution in [3.63, 3.8) is 0 Å². The van der Waals surface area contributed by atoms with E-state index in [0.29, 0.717) is 0 Å². The minimum Gasteiger partial charge on any atom is -0.459 e. The number of benzene rings is 7. The summed E-state index contributed by atoms with van der Waals surface area (Å²) in [4.78, 5) is 2.46. The number of hydrogen-bond donors (Lipinski definition) is 0. The van der Waals surface area contributed by atoms with Crippen molar-refractivity contribution in [1.29, 1.82) is 0 Å². The lowest BCUT2D eigenvalue weighted by Gasteiger charge is -2.37. The van der Waals surface area contributed by atoms with Gasteiger partial charge in [-0.1, -0.05) is 133 Å². The lowest BCUT2D eigenvalue weighted by atomic mass is 9.77. The number of para-hydroxylation sites is 4. The van der Waals surface area contributed by atoms with Crippen molar-refractivity contribution < 1.29 is 4.42 Å². The van der Waals surface area contributed by atoms with Crippen molar-refractivity contribution in [2.75, 3.05) is 4.90 Å². The molecule has 0 radical (unpaired) electrons. The van der Waals surface area contributed by atoms with Crippen LogP contribution in [-0.2, 0) is 0 Å². The summed E-state index contributed by atoms with van der Waals surface area (Å²) in [5.41, 5.74) is 11.4. The number of rotatable bonds is 5. The maximum Gasteiger partial charge on any atom is 0.142 e. The van der Waals surface area contributed by atoms with Crippen molar-refractivity contribution in [2.45, 2.75) is 5.92 Å². The molecule has 0 aliphatic heterocycles. The Balaban J connectivity index is 1.13. The Morgan fingerprint density at radius 2 is 1.23 bits per heavy atom. The number of anilines is 2. The van der Waals surface area contributed by atoms with E-state index in [4.69, 9.17) is 4.42 Å². The molecule has 0 saturated heterocycles. The van der Waals surface area contributed by atoms with E-state index in [1.807, 2.05) is 0 Å². The predicted octanol–water partition coefficient (Wildman–Crippen LogP) is 13.4. The molecule has 53 heavy (non-hydrogen) atoms. The van der Waals surface area contributed by atoms with Gasteiger partial charge in [0.2, 0.25) is 0 Å². The van der Waals surface area contributed by atoms with Crippen molar-refractivity contribution in [2.24, 2.45) is 5.92 Å². The summed E-state index contributed by atoms with van der Waals surface area (Å²) >= 11 is 0. The molecule has 0 saturated carbocycles. The fourth-order valence-corrected chi connectivity index (χ4v) is 8.71. The molecule has 2 heterocycles. The van der Waals surface area contributed by atoms with Gasteiger partial charge in [-0.2, -0.15) is 0 Å². The highest BCUT2D eigenvalue weighted by Gasteiger charge is 2.37. The Kier molecular flexibility index (Phi) is 6.68. The van der Waals surface area contributed by atoms with Crippen LogP contribution in [0.1, 0.15) is 17.2 Å². The van der Waals surface area contributed by atoms with Gasteiger partial charge in [-0.15, -0.1) is 0 Å². The molecule has 2 aliphatic rings. The Labute approximate surface area is 307 Å². The van der Waals surface area contributed by atoms with Crippen LogP contribution in [0, 0.1) is 5.92 Å². The molecule has 0 spiro atoms. The third kappa shape index (κ3) is 4.67. The van der Waals surface area contributed by atoms with Crippen molar-refractivity contribution in [3.05, 3.63) is 205 Å². The fraction of sp³-hybridized carbons (Fsp3) is 0.0400. The van der Waals surface area contributed by atoms with Crippen LogP contribution >= 0.6 is 0 Å². The highest BCUT2D eigenvalue weighted by atomic mass is 16.3. The molecular formula is C50H34N2O. The molecule has 9 aromatic rings. The highest BCUT2D eigenvalue weighted by molar-refractivity contribution is 6.11. The summed E-state index contributed by atoms with van der Waals surface area (Å²) in [5.74, 6) is 1.16. The second-order valence-electron chi connectivity index (χ2n) is 14.1. The standard InChI is InChI=1S/C50H34N2O/c1-3-16-36(17-4-1)51(38-28-29-47-44(31-38)41-21-11-12-25-46(41)52(47)37-18-5-2-6-19-37)48-32-45-43-24-13-23-39(35-27-26-33-14-7-8-15-34(33)30-35)49(43)53-50(45)42-22-10-9-20-40(42)48/h1-32,40,42H. The van der Waals surface area contributed by atoms with Gasteiger partial charge >= 0.3 is 0 Å². The first-order valence-electron chi connectivity index (χ1n) is 18.4. The molecule has 3 nitrogen and oxygen atoms in total. The first-order chi connectivity index (χ1) is 26.3. The van der Waals surface area contributed by atoms with Gasteiger partial charge in [0, 0.05) is 61.9 Å². The van der Waals surface area contributed by atoms with Crippen molar-refractivity contribution in [1.82, 2.24) is 4.57 Å². The Hall–Kier alpha value is -6.84. The van der Waals surface area contributed by atoms with Crippen LogP contribution in [-0.4, -0.2) is 4.57 Å². The summed E-state index contributed by atoms with van der Waals surface area (Å²) < 4.78 is 9.37. The van der Waals surface area contributed by atoms with E-state index in [2.05, 4.69) is 204 Å². The van der Waals surface area contributed by atoms with Crippen LogP contribution in [0.25, 0.3) is 66.4 Å². The van der Waals surface area contributed by atoms with Gasteiger partial charge in [-0.25, -0.2) is 0 Å². The quantitative estimate of drug-likeness (QED) is 0.181. The molecule has 0 N–H and O–H groups in total. The van der Waals surface area contributed by atoms with Crippen molar-refractivity contribution in [3.8, 4) is 16.8 Å². The average molecular weight is 679 g/mol. The van der Waals surface area contributed by atoms with E-state index in [1.54, 1.807) is 0 Å². The van der Waals surface area contributed by atoms with Crippen LogP contribution in [0.2, 0.25) is 0 Å². The number of fused-ring (bicyclic) bond motifs is 9. The predicted molar refractivity (Wildman–Crippen MR) is 221 cm³/mol. The Morgan fingerprint density at radius 1 is 0.509 bits per heavy atom. The first kappa shape index (κ1) is 29.8. The van der Waals surface area contributed by atoms with Gasteiger partial charge in [0.05, 0.1) is 11.0 Å². The van der Waals surface area contributed by atoms with Crippen molar-refractivity contribution >= 4 is 61.0 Å². The fourth-order valence-electron chi connectivity index (χ4n) is 8.71. The van der Waals surface area contributed by atoms with E-state index in [1.165, 1.54) is 38.3 Å². The van der Waals surface area contributed by atoms with Gasteiger partial charge in [-0.3, -0.25) is 0 Å². The topological polar surface area (TPSA) is 21.3 Å². The number of aromatic nitrogens is 1. The van der Waals surface area contributed by atoms with Crippen LogP contribution in [0.15, 0.2) is 198 Å². The molecular weight excluding hydrogens is 645 g/mol. The number of allylic oxidation sites excluding steroid dienone is 4. The third-order valence-corrected chi connectivity index (χ3v) is 11.1. The first-order valence-corrected chi connectivity index (χ1v) is 18.4. The van der Waals surface area contributed by atoms with E-state index < -0.39 is 0 Å². The number of furan rings is 1. The van der Waals surface area contributed by atoms with Gasteiger partial charge in [0.1, 0.15) is 11.3 Å². The molecule has 250 valence electrons. The largest absolute Gasteiger partial charge is 0.459 e. The van der Waals surface area contributed by atoms with Crippen LogP contribution in [0.3, 0.4) is 0 Å². The number of nitrogens with zero attached hydrogens (tertiary/aromatic N) is 2. The normalized spacial score (nSPS) is 16.3. The molecule has 2 atom stereocenters. The lowest BCUT2D eigenvalue weighted by molar-refractivity contribution is 0.481. The van der Waals surface area contributed by atoms with Gasteiger partial charge in [-0.05, 0) is 77.0 Å². The minimum absolute atomic E-state index is 0.0572. The summed E-state index contributed by atoms with van der Waals surface area (Å²) in [6, 6.07) is 59.0. The Bertz CT molecular complexity index is 2960. The van der Waals surface area contributed by atoms with E-state index in [9.17, 15) is 0 Å². The molecule has 2 aromatic heterocycles. The SMILES string of the molecule is C1=CC2C(N(c3ccccc3)c3ccc4c(c3)c3ccccc3n4-c3ccccc3)=Cc3c(oc4c(-c5ccc6ccccc6c5)cccc34)C2C=C1. The monoisotopic (exact) mass is 678 g/mol. The van der Waals surface area contributed by atoms with E-state index in [0.717, 1.165) is 50.5 Å². The molecule has 0 fully saturated rings. The van der Waals surface area contributed by atoms with Gasteiger partial charge < -0.3 is 13.9 Å². The second-order valence-corrected chi connectivity index (χ2v) is 14.1. The zero-order chi connectivity index (χ0) is 34.9. The zero-order valence-corrected chi connectivity index (χ0v) is 28.9.